The second-order valence-electron chi connectivity index (χ2n) is 6.61. The molecule has 3 aromatic rings. The van der Waals surface area contributed by atoms with Gasteiger partial charge in [0.25, 0.3) is 0 Å². The zero-order valence-electron chi connectivity index (χ0n) is 16.7. The van der Waals surface area contributed by atoms with E-state index < -0.39 is 11.8 Å². The summed E-state index contributed by atoms with van der Waals surface area (Å²) >= 11 is 6.01. The van der Waals surface area contributed by atoms with Crippen LogP contribution in [0, 0.1) is 0 Å². The zero-order chi connectivity index (χ0) is 22.4. The molecule has 31 heavy (non-hydrogen) atoms. The summed E-state index contributed by atoms with van der Waals surface area (Å²) in [5, 5.41) is 23.7. The average Bonchev–Trinajstić information content (AvgIpc) is 3.22. The number of ether oxygens (including phenoxy) is 1. The van der Waals surface area contributed by atoms with Crippen molar-refractivity contribution in [3.05, 3.63) is 65.3 Å². The first kappa shape index (κ1) is 22.3. The number of amides is 2. The molecule has 0 unspecified atom stereocenters. The minimum Gasteiger partial charge on any atom is -0.497 e. The predicted molar refractivity (Wildman–Crippen MR) is 112 cm³/mol. The summed E-state index contributed by atoms with van der Waals surface area (Å²) in [5.41, 5.74) is 4.50. The van der Waals surface area contributed by atoms with Gasteiger partial charge in [0, 0.05) is 17.1 Å². The van der Waals surface area contributed by atoms with E-state index in [0.29, 0.717) is 17.9 Å². The second-order valence-corrected chi connectivity index (χ2v) is 7.05. The van der Waals surface area contributed by atoms with E-state index in [2.05, 4.69) is 5.10 Å². The molecule has 3 N–H and O–H groups in total. The van der Waals surface area contributed by atoms with Crippen LogP contribution in [-0.4, -0.2) is 50.7 Å². The smallest absolute Gasteiger partial charge is 0.337 e. The molecule has 0 aliphatic rings. The van der Waals surface area contributed by atoms with Crippen LogP contribution < -0.4 is 10.2 Å². The van der Waals surface area contributed by atoms with Crippen molar-refractivity contribution < 1.29 is 24.7 Å². The van der Waals surface area contributed by atoms with Crippen LogP contribution >= 0.6 is 11.6 Å². The third-order valence-electron chi connectivity index (χ3n) is 4.55. The average molecular weight is 445 g/mol. The molecular weight excluding hydrogens is 424 g/mol. The molecular formula is C21H21ClN4O5. The number of benzene rings is 2. The highest BCUT2D eigenvalue weighted by Crippen LogP contribution is 2.27. The lowest BCUT2D eigenvalue weighted by Gasteiger charge is -2.12. The molecule has 0 fully saturated rings. The number of carbonyl (C=O) groups excluding carboxylic acids is 2. The van der Waals surface area contributed by atoms with Crippen LogP contribution in [0.2, 0.25) is 5.02 Å². The predicted octanol–water partition coefficient (Wildman–Crippen LogP) is 2.86. The first-order valence-corrected chi connectivity index (χ1v) is 9.75. The van der Waals surface area contributed by atoms with Crippen molar-refractivity contribution in [2.45, 2.75) is 12.8 Å². The SMILES string of the molecule is COc1ccc(-n2nc(CCCN(O)C(=O)C(=O)NO)cc2-c2ccc(Cl)cc2)cc1. The number of aromatic nitrogens is 2. The molecule has 0 saturated carbocycles. The molecule has 2 amide bonds. The third-order valence-corrected chi connectivity index (χ3v) is 4.80. The van der Waals surface area contributed by atoms with Gasteiger partial charge >= 0.3 is 11.8 Å². The van der Waals surface area contributed by atoms with Gasteiger partial charge in [0.05, 0.1) is 24.2 Å². The Kier molecular flexibility index (Phi) is 7.24. The van der Waals surface area contributed by atoms with Crippen molar-refractivity contribution in [2.24, 2.45) is 0 Å². The number of nitrogens with zero attached hydrogens (tertiary/aromatic N) is 3. The van der Waals surface area contributed by atoms with E-state index in [4.69, 9.17) is 21.5 Å². The second kappa shape index (κ2) is 10.1. The molecule has 3 rings (SSSR count). The number of aryl methyl sites for hydroxylation is 1. The normalized spacial score (nSPS) is 10.6. The standard InChI is InChI=1S/C21H21ClN4O5/c1-31-18-10-8-17(9-11-18)26-19(14-4-6-15(22)7-5-14)13-16(23-26)3-2-12-25(30)21(28)20(27)24-29/h4-11,13,29-30H,2-3,12H2,1H3,(H,24,27). The number of nitrogens with one attached hydrogen (secondary N) is 1. The third kappa shape index (κ3) is 5.40. The van der Waals surface area contributed by atoms with Crippen LogP contribution in [0.25, 0.3) is 16.9 Å². The molecule has 0 atom stereocenters. The lowest BCUT2D eigenvalue weighted by atomic mass is 10.1. The first-order chi connectivity index (χ1) is 14.9. The van der Waals surface area contributed by atoms with Gasteiger partial charge in [-0.15, -0.1) is 0 Å². The summed E-state index contributed by atoms with van der Waals surface area (Å²) in [6.45, 7) is -0.0993. The van der Waals surface area contributed by atoms with Crippen molar-refractivity contribution in [3.8, 4) is 22.7 Å². The first-order valence-electron chi connectivity index (χ1n) is 9.37. The summed E-state index contributed by atoms with van der Waals surface area (Å²) in [6, 6.07) is 16.7. The maximum atomic E-state index is 11.5. The van der Waals surface area contributed by atoms with Crippen LogP contribution in [0.5, 0.6) is 5.75 Å². The Morgan fingerprint density at radius 3 is 2.45 bits per heavy atom. The molecule has 162 valence electrons. The van der Waals surface area contributed by atoms with Crippen molar-refractivity contribution in [1.29, 1.82) is 0 Å². The fourth-order valence-corrected chi connectivity index (χ4v) is 3.10. The molecule has 1 heterocycles. The van der Waals surface area contributed by atoms with Gasteiger partial charge in [-0.3, -0.25) is 20.0 Å². The molecule has 10 heteroatoms. The number of methoxy groups -OCH3 is 1. The highest BCUT2D eigenvalue weighted by Gasteiger charge is 2.20. The van der Waals surface area contributed by atoms with Gasteiger partial charge in [0.15, 0.2) is 0 Å². The van der Waals surface area contributed by atoms with Gasteiger partial charge < -0.3 is 4.74 Å². The Morgan fingerprint density at radius 2 is 1.84 bits per heavy atom. The molecule has 9 nitrogen and oxygen atoms in total. The number of hydroxylamine groups is 3. The molecule has 0 bridgehead atoms. The molecule has 0 spiro atoms. The van der Waals surface area contributed by atoms with E-state index in [1.807, 2.05) is 42.5 Å². The largest absolute Gasteiger partial charge is 0.497 e. The van der Waals surface area contributed by atoms with Crippen LogP contribution in [-0.2, 0) is 16.0 Å². The number of hydrogen-bond donors (Lipinski definition) is 3. The highest BCUT2D eigenvalue weighted by molar-refractivity contribution is 6.34. The Bertz CT molecular complexity index is 1050. The molecule has 0 radical (unpaired) electrons. The number of carbonyl (C=O) groups is 2. The van der Waals surface area contributed by atoms with Gasteiger partial charge in [-0.1, -0.05) is 23.7 Å². The maximum Gasteiger partial charge on any atom is 0.337 e. The lowest BCUT2D eigenvalue weighted by Crippen LogP contribution is -2.40. The number of halogens is 1. The van der Waals surface area contributed by atoms with E-state index >= 15 is 0 Å². The number of hydrogen-bond acceptors (Lipinski definition) is 6. The Balaban J connectivity index is 1.82. The highest BCUT2D eigenvalue weighted by atomic mass is 35.5. The Labute approximate surface area is 183 Å². The summed E-state index contributed by atoms with van der Waals surface area (Å²) in [7, 11) is 1.60. The van der Waals surface area contributed by atoms with Crippen LogP contribution in [0.3, 0.4) is 0 Å². The topological polar surface area (TPSA) is 117 Å². The van der Waals surface area contributed by atoms with E-state index in [1.165, 1.54) is 5.48 Å². The summed E-state index contributed by atoms with van der Waals surface area (Å²) in [6.07, 6.45) is 0.787. The fraction of sp³-hybridized carbons (Fsp3) is 0.190. The van der Waals surface area contributed by atoms with Gasteiger partial charge in [-0.05, 0) is 55.3 Å². The molecule has 1 aromatic heterocycles. The maximum absolute atomic E-state index is 11.5. The minimum absolute atomic E-state index is 0.0993. The van der Waals surface area contributed by atoms with Gasteiger partial charge in [0.1, 0.15) is 5.75 Å². The van der Waals surface area contributed by atoms with E-state index in [1.54, 1.807) is 23.9 Å². The number of rotatable bonds is 7. The summed E-state index contributed by atoms with van der Waals surface area (Å²) in [5.74, 6) is -1.83. The van der Waals surface area contributed by atoms with E-state index in [0.717, 1.165) is 28.4 Å². The van der Waals surface area contributed by atoms with Gasteiger partial charge in [0.2, 0.25) is 0 Å². The van der Waals surface area contributed by atoms with Gasteiger partial charge in [-0.25, -0.2) is 15.2 Å². The van der Waals surface area contributed by atoms with E-state index in [9.17, 15) is 14.8 Å². The molecule has 0 aliphatic heterocycles. The van der Waals surface area contributed by atoms with Gasteiger partial charge in [-0.2, -0.15) is 5.10 Å². The Morgan fingerprint density at radius 1 is 1.16 bits per heavy atom. The van der Waals surface area contributed by atoms with E-state index in [-0.39, 0.29) is 11.6 Å². The zero-order valence-corrected chi connectivity index (χ0v) is 17.4. The molecule has 2 aromatic carbocycles. The fourth-order valence-electron chi connectivity index (χ4n) is 2.98. The quantitative estimate of drug-likeness (QED) is 0.293. The lowest BCUT2D eigenvalue weighted by molar-refractivity contribution is -0.173. The van der Waals surface area contributed by atoms with Crippen molar-refractivity contribution in [2.75, 3.05) is 13.7 Å². The molecule has 0 saturated heterocycles. The van der Waals surface area contributed by atoms with Crippen LogP contribution in [0.15, 0.2) is 54.6 Å². The molecule has 0 aliphatic carbocycles. The van der Waals surface area contributed by atoms with Crippen molar-refractivity contribution in [1.82, 2.24) is 20.3 Å². The minimum atomic E-state index is -1.31. The van der Waals surface area contributed by atoms with Crippen LogP contribution in [0.1, 0.15) is 12.1 Å². The summed E-state index contributed by atoms with van der Waals surface area (Å²) in [4.78, 5) is 22.6. The van der Waals surface area contributed by atoms with Crippen molar-refractivity contribution >= 4 is 23.4 Å². The van der Waals surface area contributed by atoms with Crippen molar-refractivity contribution in [3.63, 3.8) is 0 Å². The summed E-state index contributed by atoms with van der Waals surface area (Å²) < 4.78 is 7.00. The van der Waals surface area contributed by atoms with Crippen LogP contribution in [0.4, 0.5) is 0 Å². The Hall–Kier alpha value is -3.40. The monoisotopic (exact) mass is 444 g/mol.